The van der Waals surface area contributed by atoms with E-state index < -0.39 is 0 Å². The van der Waals surface area contributed by atoms with Gasteiger partial charge in [-0.05, 0) is 36.9 Å². The summed E-state index contributed by atoms with van der Waals surface area (Å²) in [6, 6.07) is 11.9. The van der Waals surface area contributed by atoms with Gasteiger partial charge in [0.15, 0.2) is 5.65 Å². The fourth-order valence-electron chi connectivity index (χ4n) is 3.90. The molecular weight excluding hydrogens is 366 g/mol. The highest BCUT2D eigenvalue weighted by Crippen LogP contribution is 2.16. The quantitative estimate of drug-likeness (QED) is 0.641. The number of aliphatic hydroxyl groups is 1. The number of nitrogens with one attached hydrogen (secondary N) is 1. The molecule has 1 aromatic carbocycles. The number of rotatable bonds is 7. The van der Waals surface area contributed by atoms with Gasteiger partial charge in [-0.25, -0.2) is 9.97 Å². The van der Waals surface area contributed by atoms with Gasteiger partial charge in [0, 0.05) is 32.4 Å². The molecule has 0 spiro atoms. The SMILES string of the molecule is O=C(NCCN1CCCC(CO)C1)c1cnc2c(c1)ncn2Cc1ccccc1. The minimum absolute atomic E-state index is 0.132. The fraction of sp³-hybridized carbons (Fsp3) is 0.409. The van der Waals surface area contributed by atoms with Crippen molar-refractivity contribution in [3.63, 3.8) is 0 Å². The molecule has 1 saturated heterocycles. The van der Waals surface area contributed by atoms with Crippen LogP contribution < -0.4 is 5.32 Å². The maximum Gasteiger partial charge on any atom is 0.252 e. The van der Waals surface area contributed by atoms with Gasteiger partial charge in [-0.3, -0.25) is 4.79 Å². The van der Waals surface area contributed by atoms with E-state index in [-0.39, 0.29) is 12.5 Å². The number of aliphatic hydroxyl groups excluding tert-OH is 1. The van der Waals surface area contributed by atoms with Crippen molar-refractivity contribution in [3.8, 4) is 0 Å². The highest BCUT2D eigenvalue weighted by molar-refractivity contribution is 5.96. The lowest BCUT2D eigenvalue weighted by Gasteiger charge is -2.31. The highest BCUT2D eigenvalue weighted by atomic mass is 16.3. The number of pyridine rings is 1. The molecule has 152 valence electrons. The lowest BCUT2D eigenvalue weighted by Crippen LogP contribution is -2.41. The average molecular weight is 393 g/mol. The van der Waals surface area contributed by atoms with Crippen molar-refractivity contribution in [2.45, 2.75) is 19.4 Å². The van der Waals surface area contributed by atoms with E-state index in [1.807, 2.05) is 22.8 Å². The second kappa shape index (κ2) is 9.15. The number of likely N-dealkylation sites (tertiary alicyclic amines) is 1. The van der Waals surface area contributed by atoms with Gasteiger partial charge >= 0.3 is 0 Å². The lowest BCUT2D eigenvalue weighted by molar-refractivity contribution is 0.0930. The number of carbonyl (C=O) groups is 1. The van der Waals surface area contributed by atoms with Crippen LogP contribution in [0.1, 0.15) is 28.8 Å². The Morgan fingerprint density at radius 3 is 2.93 bits per heavy atom. The zero-order valence-electron chi connectivity index (χ0n) is 16.5. The van der Waals surface area contributed by atoms with Crippen LogP contribution in [0.5, 0.6) is 0 Å². The van der Waals surface area contributed by atoms with Crippen molar-refractivity contribution in [2.24, 2.45) is 5.92 Å². The van der Waals surface area contributed by atoms with E-state index >= 15 is 0 Å². The van der Waals surface area contributed by atoms with E-state index in [1.165, 1.54) is 5.56 Å². The molecule has 29 heavy (non-hydrogen) atoms. The molecule has 1 fully saturated rings. The Bertz CT molecular complexity index is 956. The number of aromatic nitrogens is 3. The van der Waals surface area contributed by atoms with E-state index in [4.69, 9.17) is 0 Å². The highest BCUT2D eigenvalue weighted by Gasteiger charge is 2.19. The largest absolute Gasteiger partial charge is 0.396 e. The third-order valence-corrected chi connectivity index (χ3v) is 5.49. The molecule has 0 saturated carbocycles. The van der Waals surface area contributed by atoms with Crippen LogP contribution in [0, 0.1) is 5.92 Å². The maximum atomic E-state index is 12.5. The van der Waals surface area contributed by atoms with Crippen LogP contribution in [0.25, 0.3) is 11.2 Å². The Balaban J connectivity index is 1.35. The lowest BCUT2D eigenvalue weighted by atomic mass is 9.99. The first-order chi connectivity index (χ1) is 14.2. The molecule has 3 aromatic rings. The zero-order valence-corrected chi connectivity index (χ0v) is 16.5. The van der Waals surface area contributed by atoms with Crippen LogP contribution in [0.3, 0.4) is 0 Å². The summed E-state index contributed by atoms with van der Waals surface area (Å²) >= 11 is 0. The summed E-state index contributed by atoms with van der Waals surface area (Å²) in [5.74, 6) is 0.227. The molecule has 0 radical (unpaired) electrons. The molecule has 7 nitrogen and oxygen atoms in total. The van der Waals surface area contributed by atoms with Crippen molar-refractivity contribution in [2.75, 3.05) is 32.8 Å². The Kier molecular flexibility index (Phi) is 6.17. The van der Waals surface area contributed by atoms with E-state index in [1.54, 1.807) is 18.6 Å². The first-order valence-corrected chi connectivity index (χ1v) is 10.2. The standard InChI is InChI=1S/C22H27N5O2/c28-15-18-7-4-9-26(13-18)10-8-23-22(29)19-11-20-21(24-12-19)27(16-25-20)14-17-5-2-1-3-6-17/h1-3,5-6,11-12,16,18,28H,4,7-10,13-15H2,(H,23,29). The molecule has 1 unspecified atom stereocenters. The Morgan fingerprint density at radius 2 is 2.10 bits per heavy atom. The molecule has 0 aliphatic carbocycles. The molecule has 2 N–H and O–H groups in total. The van der Waals surface area contributed by atoms with E-state index in [0.717, 1.165) is 43.6 Å². The molecule has 3 heterocycles. The van der Waals surface area contributed by atoms with Gasteiger partial charge in [0.1, 0.15) is 5.52 Å². The first kappa shape index (κ1) is 19.5. The third kappa shape index (κ3) is 4.81. The number of hydrogen-bond acceptors (Lipinski definition) is 5. The van der Waals surface area contributed by atoms with Gasteiger partial charge in [0.25, 0.3) is 5.91 Å². The van der Waals surface area contributed by atoms with Crippen LogP contribution >= 0.6 is 0 Å². The summed E-state index contributed by atoms with van der Waals surface area (Å²) in [6.07, 6.45) is 5.57. The topological polar surface area (TPSA) is 83.3 Å². The van der Waals surface area contributed by atoms with Gasteiger partial charge in [-0.1, -0.05) is 30.3 Å². The minimum atomic E-state index is -0.132. The number of hydrogen-bond donors (Lipinski definition) is 2. The maximum absolute atomic E-state index is 12.5. The summed E-state index contributed by atoms with van der Waals surface area (Å²) < 4.78 is 1.99. The number of imidazole rings is 1. The number of nitrogens with zero attached hydrogens (tertiary/aromatic N) is 4. The molecule has 1 atom stereocenters. The fourth-order valence-corrected chi connectivity index (χ4v) is 3.90. The molecule has 4 rings (SSSR count). The van der Waals surface area contributed by atoms with E-state index in [0.29, 0.717) is 24.6 Å². The smallest absolute Gasteiger partial charge is 0.252 e. The van der Waals surface area contributed by atoms with Crippen LogP contribution in [-0.4, -0.2) is 63.2 Å². The van der Waals surface area contributed by atoms with Crippen molar-refractivity contribution in [1.29, 1.82) is 0 Å². The molecule has 1 amide bonds. The average Bonchev–Trinajstić information content (AvgIpc) is 3.16. The normalized spacial score (nSPS) is 17.5. The monoisotopic (exact) mass is 393 g/mol. The molecular formula is C22H27N5O2. The summed E-state index contributed by atoms with van der Waals surface area (Å²) in [7, 11) is 0. The number of piperidine rings is 1. The van der Waals surface area contributed by atoms with Gasteiger partial charge in [-0.2, -0.15) is 0 Å². The Morgan fingerprint density at radius 1 is 1.24 bits per heavy atom. The number of carbonyl (C=O) groups excluding carboxylic acids is 1. The van der Waals surface area contributed by atoms with Crippen LogP contribution in [0.2, 0.25) is 0 Å². The number of fused-ring (bicyclic) bond motifs is 1. The second-order valence-electron chi connectivity index (χ2n) is 7.67. The first-order valence-electron chi connectivity index (χ1n) is 10.2. The predicted molar refractivity (Wildman–Crippen MR) is 112 cm³/mol. The Labute approximate surface area is 170 Å². The second-order valence-corrected chi connectivity index (χ2v) is 7.67. The molecule has 1 aliphatic heterocycles. The summed E-state index contributed by atoms with van der Waals surface area (Å²) in [4.78, 5) is 23.7. The van der Waals surface area contributed by atoms with Crippen molar-refractivity contribution in [3.05, 3.63) is 60.0 Å². The van der Waals surface area contributed by atoms with E-state index in [2.05, 4.69) is 32.3 Å². The minimum Gasteiger partial charge on any atom is -0.396 e. The third-order valence-electron chi connectivity index (χ3n) is 5.49. The van der Waals surface area contributed by atoms with Gasteiger partial charge < -0.3 is 19.9 Å². The van der Waals surface area contributed by atoms with Crippen molar-refractivity contribution < 1.29 is 9.90 Å². The Hall–Kier alpha value is -2.77. The van der Waals surface area contributed by atoms with E-state index in [9.17, 15) is 9.90 Å². The molecule has 2 aromatic heterocycles. The molecule has 1 aliphatic rings. The van der Waals surface area contributed by atoms with Crippen LogP contribution in [0.4, 0.5) is 0 Å². The zero-order chi connectivity index (χ0) is 20.1. The van der Waals surface area contributed by atoms with Gasteiger partial charge in [0.2, 0.25) is 0 Å². The van der Waals surface area contributed by atoms with Crippen molar-refractivity contribution >= 4 is 17.1 Å². The summed E-state index contributed by atoms with van der Waals surface area (Å²) in [6.45, 7) is 4.24. The molecule has 0 bridgehead atoms. The summed E-state index contributed by atoms with van der Waals surface area (Å²) in [5, 5.41) is 12.3. The summed E-state index contributed by atoms with van der Waals surface area (Å²) in [5.41, 5.74) is 3.19. The number of benzene rings is 1. The van der Waals surface area contributed by atoms with Gasteiger partial charge in [0.05, 0.1) is 18.4 Å². The predicted octanol–water partition coefficient (Wildman–Crippen LogP) is 1.91. The number of amides is 1. The van der Waals surface area contributed by atoms with Gasteiger partial charge in [-0.15, -0.1) is 0 Å². The van der Waals surface area contributed by atoms with Crippen LogP contribution in [0.15, 0.2) is 48.9 Å². The van der Waals surface area contributed by atoms with Crippen molar-refractivity contribution in [1.82, 2.24) is 24.8 Å². The van der Waals surface area contributed by atoms with Crippen LogP contribution in [-0.2, 0) is 6.54 Å². The molecule has 7 heteroatoms.